The lowest BCUT2D eigenvalue weighted by Crippen LogP contribution is -2.31. The molecule has 0 fully saturated rings. The number of fused-ring (bicyclic) bond motifs is 1. The van der Waals surface area contributed by atoms with Crippen LogP contribution in [0.3, 0.4) is 0 Å². The third-order valence-electron chi connectivity index (χ3n) is 2.71. The molecule has 0 spiro atoms. The zero-order valence-electron chi connectivity index (χ0n) is 9.73. The van der Waals surface area contributed by atoms with Gasteiger partial charge in [0, 0.05) is 17.4 Å². The second kappa shape index (κ2) is 4.75. The van der Waals surface area contributed by atoms with Gasteiger partial charge in [-0.15, -0.1) is 6.42 Å². The van der Waals surface area contributed by atoms with Gasteiger partial charge in [-0.1, -0.05) is 24.1 Å². The minimum Gasteiger partial charge on any atom is -0.351 e. The van der Waals surface area contributed by atoms with Gasteiger partial charge in [0.2, 0.25) is 0 Å². The summed E-state index contributed by atoms with van der Waals surface area (Å²) in [6.45, 7) is 2.86. The molecular formula is C14H14N2O. The fourth-order valence-corrected chi connectivity index (χ4v) is 1.80. The van der Waals surface area contributed by atoms with Gasteiger partial charge in [-0.2, -0.15) is 0 Å². The number of para-hydroxylation sites is 1. The Kier molecular flexibility index (Phi) is 3.15. The predicted octanol–water partition coefficient (Wildman–Crippen LogP) is 2.26. The standard InChI is InChI=1S/C14H14N2O/c1-3-9-16(4-2)14(17)13-10-11-7-5-6-8-12(11)15-13/h1,5-8,10,15H,4,9H2,2H3. The van der Waals surface area contributed by atoms with E-state index >= 15 is 0 Å². The molecule has 86 valence electrons. The van der Waals surface area contributed by atoms with Gasteiger partial charge < -0.3 is 9.88 Å². The molecule has 1 aromatic carbocycles. The molecule has 3 heteroatoms. The SMILES string of the molecule is C#CCN(CC)C(=O)c1cc2ccccc2[nH]1. The Morgan fingerprint density at radius 3 is 2.88 bits per heavy atom. The van der Waals surface area contributed by atoms with Crippen LogP contribution in [0.25, 0.3) is 10.9 Å². The average Bonchev–Trinajstić information content (AvgIpc) is 2.78. The van der Waals surface area contributed by atoms with Gasteiger partial charge in [0.05, 0.1) is 6.54 Å². The highest BCUT2D eigenvalue weighted by molar-refractivity contribution is 5.98. The normalized spacial score (nSPS) is 10.1. The summed E-state index contributed by atoms with van der Waals surface area (Å²) in [6.07, 6.45) is 5.24. The van der Waals surface area contributed by atoms with Crippen LogP contribution >= 0.6 is 0 Å². The van der Waals surface area contributed by atoms with E-state index in [-0.39, 0.29) is 5.91 Å². The van der Waals surface area contributed by atoms with Crippen LogP contribution in [0.2, 0.25) is 0 Å². The lowest BCUT2D eigenvalue weighted by atomic mass is 10.2. The van der Waals surface area contributed by atoms with E-state index in [1.807, 2.05) is 37.3 Å². The Morgan fingerprint density at radius 2 is 2.24 bits per heavy atom. The number of carbonyl (C=O) groups is 1. The summed E-state index contributed by atoms with van der Waals surface area (Å²) in [4.78, 5) is 16.9. The minimum atomic E-state index is -0.0540. The highest BCUT2D eigenvalue weighted by atomic mass is 16.2. The highest BCUT2D eigenvalue weighted by Crippen LogP contribution is 2.15. The smallest absolute Gasteiger partial charge is 0.271 e. The molecule has 0 radical (unpaired) electrons. The van der Waals surface area contributed by atoms with E-state index < -0.39 is 0 Å². The van der Waals surface area contributed by atoms with Crippen molar-refractivity contribution in [2.24, 2.45) is 0 Å². The molecule has 0 atom stereocenters. The first kappa shape index (κ1) is 11.3. The number of terminal acetylenes is 1. The number of carbonyl (C=O) groups excluding carboxylic acids is 1. The van der Waals surface area contributed by atoms with Gasteiger partial charge in [-0.25, -0.2) is 0 Å². The van der Waals surface area contributed by atoms with Crippen molar-refractivity contribution < 1.29 is 4.79 Å². The molecule has 3 nitrogen and oxygen atoms in total. The van der Waals surface area contributed by atoms with Crippen molar-refractivity contribution in [3.63, 3.8) is 0 Å². The van der Waals surface area contributed by atoms with Crippen LogP contribution in [-0.2, 0) is 0 Å². The molecule has 0 bridgehead atoms. The van der Waals surface area contributed by atoms with E-state index in [0.29, 0.717) is 18.8 Å². The number of rotatable bonds is 3. The molecule has 1 aromatic heterocycles. The van der Waals surface area contributed by atoms with E-state index in [2.05, 4.69) is 10.9 Å². The minimum absolute atomic E-state index is 0.0540. The summed E-state index contributed by atoms with van der Waals surface area (Å²) < 4.78 is 0. The number of aromatic amines is 1. The molecule has 0 unspecified atom stereocenters. The maximum atomic E-state index is 12.1. The first-order chi connectivity index (χ1) is 8.26. The molecule has 1 amide bonds. The average molecular weight is 226 g/mol. The number of hydrogen-bond acceptors (Lipinski definition) is 1. The second-order valence-corrected chi connectivity index (χ2v) is 3.79. The van der Waals surface area contributed by atoms with Crippen LogP contribution in [0.4, 0.5) is 0 Å². The summed E-state index contributed by atoms with van der Waals surface area (Å²) in [5.41, 5.74) is 1.55. The van der Waals surface area contributed by atoms with E-state index in [1.165, 1.54) is 0 Å². The molecular weight excluding hydrogens is 212 g/mol. The monoisotopic (exact) mass is 226 g/mol. The Morgan fingerprint density at radius 1 is 1.47 bits per heavy atom. The van der Waals surface area contributed by atoms with Crippen LogP contribution in [0.1, 0.15) is 17.4 Å². The number of H-pyrrole nitrogens is 1. The largest absolute Gasteiger partial charge is 0.351 e. The van der Waals surface area contributed by atoms with Crippen LogP contribution in [0, 0.1) is 12.3 Å². The van der Waals surface area contributed by atoms with Crippen LogP contribution < -0.4 is 0 Å². The molecule has 2 aromatic rings. The van der Waals surface area contributed by atoms with E-state index in [1.54, 1.807) is 4.90 Å². The molecule has 0 saturated carbocycles. The number of hydrogen-bond donors (Lipinski definition) is 1. The Labute approximate surface area is 100 Å². The Balaban J connectivity index is 2.33. The lowest BCUT2D eigenvalue weighted by molar-refractivity contribution is 0.0780. The molecule has 0 aliphatic heterocycles. The summed E-state index contributed by atoms with van der Waals surface area (Å²) in [6, 6.07) is 9.66. The summed E-state index contributed by atoms with van der Waals surface area (Å²) in [7, 11) is 0. The summed E-state index contributed by atoms with van der Waals surface area (Å²) >= 11 is 0. The summed E-state index contributed by atoms with van der Waals surface area (Å²) in [5.74, 6) is 2.44. The fourth-order valence-electron chi connectivity index (χ4n) is 1.80. The van der Waals surface area contributed by atoms with Gasteiger partial charge in [0.25, 0.3) is 5.91 Å². The van der Waals surface area contributed by atoms with Crippen molar-refractivity contribution in [2.45, 2.75) is 6.92 Å². The van der Waals surface area contributed by atoms with Crippen LogP contribution in [0.15, 0.2) is 30.3 Å². The summed E-state index contributed by atoms with van der Waals surface area (Å²) in [5, 5.41) is 1.03. The maximum Gasteiger partial charge on any atom is 0.271 e. The van der Waals surface area contributed by atoms with Gasteiger partial charge >= 0.3 is 0 Å². The molecule has 17 heavy (non-hydrogen) atoms. The number of nitrogens with zero attached hydrogens (tertiary/aromatic N) is 1. The van der Waals surface area contributed by atoms with Crippen molar-refractivity contribution in [1.29, 1.82) is 0 Å². The number of benzene rings is 1. The van der Waals surface area contributed by atoms with Crippen molar-refractivity contribution in [1.82, 2.24) is 9.88 Å². The van der Waals surface area contributed by atoms with Crippen molar-refractivity contribution >= 4 is 16.8 Å². The van der Waals surface area contributed by atoms with Crippen LogP contribution in [0.5, 0.6) is 0 Å². The van der Waals surface area contributed by atoms with Gasteiger partial charge in [-0.3, -0.25) is 4.79 Å². The number of aromatic nitrogens is 1. The van der Waals surface area contributed by atoms with E-state index in [9.17, 15) is 4.79 Å². The van der Waals surface area contributed by atoms with E-state index in [4.69, 9.17) is 6.42 Å². The second-order valence-electron chi connectivity index (χ2n) is 3.79. The van der Waals surface area contributed by atoms with Crippen molar-refractivity contribution in [2.75, 3.05) is 13.1 Å². The predicted molar refractivity (Wildman–Crippen MR) is 68.7 cm³/mol. The zero-order valence-corrected chi connectivity index (χ0v) is 9.73. The molecule has 0 saturated heterocycles. The quantitative estimate of drug-likeness (QED) is 0.801. The highest BCUT2D eigenvalue weighted by Gasteiger charge is 2.15. The fraction of sp³-hybridized carbons (Fsp3) is 0.214. The molecule has 1 heterocycles. The Hall–Kier alpha value is -2.21. The maximum absolute atomic E-state index is 12.1. The molecule has 0 aliphatic rings. The Bertz CT molecular complexity index is 544. The molecule has 1 N–H and O–H groups in total. The lowest BCUT2D eigenvalue weighted by Gasteiger charge is -2.16. The van der Waals surface area contributed by atoms with Gasteiger partial charge in [-0.05, 0) is 19.1 Å². The van der Waals surface area contributed by atoms with Gasteiger partial charge in [0.15, 0.2) is 0 Å². The number of nitrogens with one attached hydrogen (secondary N) is 1. The van der Waals surface area contributed by atoms with Crippen LogP contribution in [-0.4, -0.2) is 28.9 Å². The van der Waals surface area contributed by atoms with Gasteiger partial charge in [0.1, 0.15) is 5.69 Å². The molecule has 0 aliphatic carbocycles. The van der Waals surface area contributed by atoms with Crippen molar-refractivity contribution in [3.8, 4) is 12.3 Å². The zero-order chi connectivity index (χ0) is 12.3. The van der Waals surface area contributed by atoms with E-state index in [0.717, 1.165) is 10.9 Å². The first-order valence-corrected chi connectivity index (χ1v) is 5.56. The van der Waals surface area contributed by atoms with Crippen molar-refractivity contribution in [3.05, 3.63) is 36.0 Å². The first-order valence-electron chi connectivity index (χ1n) is 5.56. The topological polar surface area (TPSA) is 36.1 Å². The number of amides is 1. The third kappa shape index (κ3) is 2.16. The third-order valence-corrected chi connectivity index (χ3v) is 2.71. The molecule has 2 rings (SSSR count).